The average Bonchev–Trinajstić information content (AvgIpc) is 2.34. The van der Waals surface area contributed by atoms with Gasteiger partial charge in [0, 0.05) is 6.04 Å². The number of anilines is 2. The lowest BCUT2D eigenvalue weighted by Crippen LogP contribution is -2.36. The zero-order chi connectivity index (χ0) is 14.8. The smallest absolute Gasteiger partial charge is 0.239 e. The van der Waals surface area contributed by atoms with Gasteiger partial charge in [0.15, 0.2) is 0 Å². The van der Waals surface area contributed by atoms with Gasteiger partial charge in [0.25, 0.3) is 0 Å². The lowest BCUT2D eigenvalue weighted by Gasteiger charge is -2.30. The van der Waals surface area contributed by atoms with E-state index in [-0.39, 0.29) is 5.60 Å². The predicted molar refractivity (Wildman–Crippen MR) is 83.2 cm³/mol. The van der Waals surface area contributed by atoms with Gasteiger partial charge in [-0.3, -0.25) is 0 Å². The first-order valence-electron chi connectivity index (χ1n) is 7.24. The van der Waals surface area contributed by atoms with Gasteiger partial charge in [-0.1, -0.05) is 0 Å². The lowest BCUT2D eigenvalue weighted by molar-refractivity contribution is 0.125. The number of rotatable bonds is 3. The van der Waals surface area contributed by atoms with Crippen LogP contribution >= 0.6 is 0 Å². The van der Waals surface area contributed by atoms with E-state index in [1.165, 1.54) is 0 Å². The van der Waals surface area contributed by atoms with Crippen LogP contribution in [0.4, 0.5) is 11.5 Å². The molecule has 0 unspecified atom stereocenters. The van der Waals surface area contributed by atoms with Crippen molar-refractivity contribution < 1.29 is 4.74 Å². The van der Waals surface area contributed by atoms with E-state index in [9.17, 15) is 0 Å². The Kier molecular flexibility index (Phi) is 4.38. The van der Waals surface area contributed by atoms with Gasteiger partial charge in [0.2, 0.25) is 5.88 Å². The highest BCUT2D eigenvalue weighted by Crippen LogP contribution is 2.25. The standard InChI is InChI=1S/C15H26N4O/c1-15(2,3)20-14-12(16)5-6-13(18-14)17-11-7-9-19(4)10-8-11/h5-6,11H,7-10,16H2,1-4H3,(H,17,18). The van der Waals surface area contributed by atoms with Crippen molar-refractivity contribution in [2.24, 2.45) is 0 Å². The molecule has 1 saturated heterocycles. The number of nitrogens with zero attached hydrogens (tertiary/aromatic N) is 2. The first kappa shape index (κ1) is 14.9. The molecule has 5 heteroatoms. The van der Waals surface area contributed by atoms with E-state index in [1.807, 2.05) is 32.9 Å². The first-order valence-corrected chi connectivity index (χ1v) is 7.24. The van der Waals surface area contributed by atoms with Gasteiger partial charge in [-0.25, -0.2) is 0 Å². The summed E-state index contributed by atoms with van der Waals surface area (Å²) in [6.45, 7) is 8.22. The largest absolute Gasteiger partial charge is 0.470 e. The summed E-state index contributed by atoms with van der Waals surface area (Å²) < 4.78 is 5.80. The summed E-state index contributed by atoms with van der Waals surface area (Å²) in [7, 11) is 2.16. The molecule has 2 heterocycles. The average molecular weight is 278 g/mol. The third kappa shape index (κ3) is 4.27. The van der Waals surface area contributed by atoms with Crippen molar-refractivity contribution in [2.75, 3.05) is 31.2 Å². The van der Waals surface area contributed by atoms with Crippen LogP contribution in [-0.4, -0.2) is 41.7 Å². The molecular weight excluding hydrogens is 252 g/mol. The molecule has 0 bridgehead atoms. The highest BCUT2D eigenvalue weighted by atomic mass is 16.5. The number of hydrogen-bond donors (Lipinski definition) is 2. The number of hydrogen-bond acceptors (Lipinski definition) is 5. The highest BCUT2D eigenvalue weighted by Gasteiger charge is 2.19. The number of aromatic nitrogens is 1. The van der Waals surface area contributed by atoms with Crippen LogP contribution in [-0.2, 0) is 0 Å². The molecule has 0 amide bonds. The van der Waals surface area contributed by atoms with Gasteiger partial charge in [0.05, 0.1) is 5.69 Å². The summed E-state index contributed by atoms with van der Waals surface area (Å²) >= 11 is 0. The van der Waals surface area contributed by atoms with E-state index >= 15 is 0 Å². The molecule has 2 rings (SSSR count). The fourth-order valence-corrected chi connectivity index (χ4v) is 2.27. The van der Waals surface area contributed by atoms with E-state index < -0.39 is 0 Å². The third-order valence-corrected chi connectivity index (χ3v) is 3.36. The van der Waals surface area contributed by atoms with Gasteiger partial charge < -0.3 is 20.7 Å². The molecule has 0 radical (unpaired) electrons. The topological polar surface area (TPSA) is 63.4 Å². The molecule has 3 N–H and O–H groups in total. The van der Waals surface area contributed by atoms with Gasteiger partial charge in [-0.15, -0.1) is 0 Å². The van der Waals surface area contributed by atoms with Gasteiger partial charge in [0.1, 0.15) is 11.4 Å². The molecule has 0 atom stereocenters. The maximum atomic E-state index is 5.93. The second-order valence-corrected chi connectivity index (χ2v) is 6.53. The van der Waals surface area contributed by atoms with Crippen LogP contribution in [0.1, 0.15) is 33.6 Å². The van der Waals surface area contributed by atoms with Crippen LogP contribution in [0.15, 0.2) is 12.1 Å². The maximum Gasteiger partial charge on any atom is 0.239 e. The molecule has 1 fully saturated rings. The number of nitrogens with one attached hydrogen (secondary N) is 1. The minimum Gasteiger partial charge on any atom is -0.470 e. The lowest BCUT2D eigenvalue weighted by atomic mass is 10.1. The fraction of sp³-hybridized carbons (Fsp3) is 0.667. The van der Waals surface area contributed by atoms with Crippen molar-refractivity contribution in [2.45, 2.75) is 45.3 Å². The molecule has 1 aliphatic rings. The molecule has 20 heavy (non-hydrogen) atoms. The van der Waals surface area contributed by atoms with Gasteiger partial charge >= 0.3 is 0 Å². The fourth-order valence-electron chi connectivity index (χ4n) is 2.27. The molecule has 112 valence electrons. The molecule has 0 spiro atoms. The molecule has 1 aliphatic heterocycles. The summed E-state index contributed by atoms with van der Waals surface area (Å²) in [6, 6.07) is 4.25. The monoisotopic (exact) mass is 278 g/mol. The van der Waals surface area contributed by atoms with E-state index in [0.29, 0.717) is 17.6 Å². The summed E-state index contributed by atoms with van der Waals surface area (Å²) in [5, 5.41) is 3.48. The second-order valence-electron chi connectivity index (χ2n) is 6.53. The minimum absolute atomic E-state index is 0.298. The Balaban J connectivity index is 2.03. The third-order valence-electron chi connectivity index (χ3n) is 3.36. The second kappa shape index (κ2) is 5.87. The maximum absolute atomic E-state index is 5.93. The van der Waals surface area contributed by atoms with Crippen molar-refractivity contribution >= 4 is 11.5 Å². The Morgan fingerprint density at radius 1 is 1.30 bits per heavy atom. The Bertz CT molecular complexity index is 448. The van der Waals surface area contributed by atoms with Crippen LogP contribution in [0, 0.1) is 0 Å². The summed E-state index contributed by atoms with van der Waals surface area (Å²) in [6.07, 6.45) is 2.27. The zero-order valence-corrected chi connectivity index (χ0v) is 12.9. The van der Waals surface area contributed by atoms with E-state index in [2.05, 4.69) is 22.2 Å². The molecule has 5 nitrogen and oxygen atoms in total. The Morgan fingerprint density at radius 3 is 2.55 bits per heavy atom. The number of likely N-dealkylation sites (tertiary alicyclic amines) is 1. The Labute approximate surface area is 121 Å². The zero-order valence-electron chi connectivity index (χ0n) is 12.9. The molecule has 0 saturated carbocycles. The van der Waals surface area contributed by atoms with Crippen molar-refractivity contribution in [1.82, 2.24) is 9.88 Å². The van der Waals surface area contributed by atoms with Crippen molar-refractivity contribution in [1.29, 1.82) is 0 Å². The van der Waals surface area contributed by atoms with Crippen molar-refractivity contribution in [3.63, 3.8) is 0 Å². The van der Waals surface area contributed by atoms with Crippen molar-refractivity contribution in [3.05, 3.63) is 12.1 Å². The van der Waals surface area contributed by atoms with Gasteiger partial charge in [-0.2, -0.15) is 4.98 Å². The number of piperidine rings is 1. The predicted octanol–water partition coefficient (Wildman–Crippen LogP) is 2.35. The Morgan fingerprint density at radius 2 is 1.95 bits per heavy atom. The molecule has 0 aliphatic carbocycles. The van der Waals surface area contributed by atoms with E-state index in [1.54, 1.807) is 0 Å². The van der Waals surface area contributed by atoms with Crippen molar-refractivity contribution in [3.8, 4) is 5.88 Å². The van der Waals surface area contributed by atoms with Crippen LogP contribution in [0.25, 0.3) is 0 Å². The first-order chi connectivity index (χ1) is 9.33. The summed E-state index contributed by atoms with van der Waals surface area (Å²) in [5.74, 6) is 1.35. The van der Waals surface area contributed by atoms with E-state index in [0.717, 1.165) is 31.7 Å². The van der Waals surface area contributed by atoms with Crippen LogP contribution in [0.2, 0.25) is 0 Å². The number of nitrogen functional groups attached to an aromatic ring is 1. The Hall–Kier alpha value is -1.49. The number of nitrogens with two attached hydrogens (primary N) is 1. The van der Waals surface area contributed by atoms with E-state index in [4.69, 9.17) is 10.5 Å². The number of pyridine rings is 1. The molecule has 1 aromatic rings. The van der Waals surface area contributed by atoms with Gasteiger partial charge in [-0.05, 0) is 65.9 Å². The van der Waals surface area contributed by atoms with Crippen LogP contribution in [0.5, 0.6) is 5.88 Å². The molecule has 1 aromatic heterocycles. The highest BCUT2D eigenvalue weighted by molar-refractivity contribution is 5.54. The quantitative estimate of drug-likeness (QED) is 0.888. The minimum atomic E-state index is -0.298. The number of ether oxygens (including phenoxy) is 1. The SMILES string of the molecule is CN1CCC(Nc2ccc(N)c(OC(C)(C)C)n2)CC1. The van der Waals surface area contributed by atoms with Crippen LogP contribution < -0.4 is 15.8 Å². The summed E-state index contributed by atoms with van der Waals surface area (Å²) in [5.41, 5.74) is 6.21. The normalized spacial score (nSPS) is 18.0. The summed E-state index contributed by atoms with van der Waals surface area (Å²) in [4.78, 5) is 6.85. The molecular formula is C15H26N4O. The molecule has 0 aromatic carbocycles. The van der Waals surface area contributed by atoms with Crippen LogP contribution in [0.3, 0.4) is 0 Å².